The molecule has 1 N–H and O–H groups in total. The highest BCUT2D eigenvalue weighted by molar-refractivity contribution is 5.74. The van der Waals surface area contributed by atoms with Crippen LogP contribution in [0, 0.1) is 6.92 Å². The van der Waals surface area contributed by atoms with Crippen LogP contribution in [-0.4, -0.2) is 30.6 Å². The van der Waals surface area contributed by atoms with E-state index in [9.17, 15) is 4.79 Å². The number of benzene rings is 1. The van der Waals surface area contributed by atoms with E-state index >= 15 is 0 Å². The molecule has 1 aromatic rings. The number of nitrogens with zero attached hydrogens (tertiary/aromatic N) is 1. The van der Waals surface area contributed by atoms with Gasteiger partial charge in [-0.1, -0.05) is 50.1 Å². The predicted molar refractivity (Wildman–Crippen MR) is 85.1 cm³/mol. The molecule has 0 saturated heterocycles. The summed E-state index contributed by atoms with van der Waals surface area (Å²) >= 11 is 0. The van der Waals surface area contributed by atoms with Crippen molar-refractivity contribution < 1.29 is 4.79 Å². The maximum absolute atomic E-state index is 12.1. The number of amides is 2. The minimum atomic E-state index is 0.0768. The van der Waals surface area contributed by atoms with Gasteiger partial charge in [-0.2, -0.15) is 0 Å². The van der Waals surface area contributed by atoms with Gasteiger partial charge in [0.15, 0.2) is 0 Å². The Hall–Kier alpha value is -1.51. The summed E-state index contributed by atoms with van der Waals surface area (Å²) in [7, 11) is 0. The van der Waals surface area contributed by atoms with E-state index in [1.807, 2.05) is 4.90 Å². The molecule has 0 aliphatic carbocycles. The van der Waals surface area contributed by atoms with Crippen molar-refractivity contribution in [1.29, 1.82) is 0 Å². The molecule has 112 valence electrons. The van der Waals surface area contributed by atoms with E-state index in [-0.39, 0.29) is 6.03 Å². The summed E-state index contributed by atoms with van der Waals surface area (Å²) in [6.45, 7) is 8.76. The first-order valence-electron chi connectivity index (χ1n) is 7.75. The van der Waals surface area contributed by atoms with Crippen LogP contribution >= 0.6 is 0 Å². The number of carbonyl (C=O) groups excluding carboxylic acids is 1. The lowest BCUT2D eigenvalue weighted by molar-refractivity contribution is 0.197. The molecule has 0 aliphatic rings. The van der Waals surface area contributed by atoms with E-state index in [2.05, 4.69) is 50.4 Å². The summed E-state index contributed by atoms with van der Waals surface area (Å²) in [5, 5.41) is 3.03. The van der Waals surface area contributed by atoms with Crippen molar-refractivity contribution in [2.75, 3.05) is 19.6 Å². The Kier molecular flexibility index (Phi) is 7.78. The number of rotatable bonds is 8. The van der Waals surface area contributed by atoms with Crippen molar-refractivity contribution in [3.63, 3.8) is 0 Å². The van der Waals surface area contributed by atoms with Gasteiger partial charge in [-0.3, -0.25) is 0 Å². The topological polar surface area (TPSA) is 32.3 Å². The molecule has 0 aromatic heterocycles. The van der Waals surface area contributed by atoms with Gasteiger partial charge in [-0.15, -0.1) is 0 Å². The Morgan fingerprint density at radius 2 is 2.00 bits per heavy atom. The molecule has 0 radical (unpaired) electrons. The minimum absolute atomic E-state index is 0.0768. The molecule has 0 heterocycles. The van der Waals surface area contributed by atoms with Crippen molar-refractivity contribution in [3.8, 4) is 0 Å². The largest absolute Gasteiger partial charge is 0.338 e. The van der Waals surface area contributed by atoms with Gasteiger partial charge >= 0.3 is 6.03 Å². The van der Waals surface area contributed by atoms with Crippen LogP contribution in [0.4, 0.5) is 4.79 Å². The molecule has 0 spiro atoms. The van der Waals surface area contributed by atoms with Gasteiger partial charge in [0.25, 0.3) is 0 Å². The molecule has 1 aromatic carbocycles. The zero-order chi connectivity index (χ0) is 14.8. The molecule has 0 fully saturated rings. The van der Waals surface area contributed by atoms with Gasteiger partial charge < -0.3 is 10.2 Å². The second kappa shape index (κ2) is 9.40. The van der Waals surface area contributed by atoms with Crippen LogP contribution in [0.5, 0.6) is 0 Å². The Balaban J connectivity index is 2.36. The standard InChI is InChI=1S/C17H28N2O/c1-4-6-13-19(12-5-2)17(20)18-11-10-16-9-7-8-15(3)14-16/h7-9,14H,4-6,10-13H2,1-3H3,(H,18,20). The number of hydrogen-bond donors (Lipinski definition) is 1. The Morgan fingerprint density at radius 1 is 1.20 bits per heavy atom. The summed E-state index contributed by atoms with van der Waals surface area (Å²) < 4.78 is 0. The van der Waals surface area contributed by atoms with Crippen molar-refractivity contribution in [2.24, 2.45) is 0 Å². The predicted octanol–water partition coefficient (Wildman–Crippen LogP) is 3.76. The number of carbonyl (C=O) groups is 1. The maximum atomic E-state index is 12.1. The molecule has 2 amide bonds. The monoisotopic (exact) mass is 276 g/mol. The highest BCUT2D eigenvalue weighted by Crippen LogP contribution is 2.04. The number of urea groups is 1. The minimum Gasteiger partial charge on any atom is -0.338 e. The average Bonchev–Trinajstić information content (AvgIpc) is 2.43. The van der Waals surface area contributed by atoms with E-state index in [4.69, 9.17) is 0 Å². The highest BCUT2D eigenvalue weighted by Gasteiger charge is 2.10. The lowest BCUT2D eigenvalue weighted by Gasteiger charge is -2.22. The quantitative estimate of drug-likeness (QED) is 0.770. The second-order valence-corrected chi connectivity index (χ2v) is 5.31. The van der Waals surface area contributed by atoms with Crippen LogP contribution in [0.15, 0.2) is 24.3 Å². The Morgan fingerprint density at radius 3 is 2.65 bits per heavy atom. The van der Waals surface area contributed by atoms with E-state index < -0.39 is 0 Å². The van der Waals surface area contributed by atoms with E-state index in [1.54, 1.807) is 0 Å². The fraction of sp³-hybridized carbons (Fsp3) is 0.588. The normalized spacial score (nSPS) is 10.3. The molecule has 0 bridgehead atoms. The number of hydrogen-bond acceptors (Lipinski definition) is 1. The highest BCUT2D eigenvalue weighted by atomic mass is 16.2. The van der Waals surface area contributed by atoms with Crippen molar-refractivity contribution >= 4 is 6.03 Å². The number of aryl methyl sites for hydroxylation is 1. The molecular formula is C17H28N2O. The summed E-state index contributed by atoms with van der Waals surface area (Å²) in [6, 6.07) is 8.52. The number of nitrogens with one attached hydrogen (secondary N) is 1. The SMILES string of the molecule is CCCCN(CCC)C(=O)NCCc1cccc(C)c1. The Bertz CT molecular complexity index is 404. The van der Waals surface area contributed by atoms with Gasteiger partial charge in [0.1, 0.15) is 0 Å². The summed E-state index contributed by atoms with van der Waals surface area (Å²) in [4.78, 5) is 14.0. The van der Waals surface area contributed by atoms with Crippen LogP contribution in [0.1, 0.15) is 44.2 Å². The third-order valence-corrected chi connectivity index (χ3v) is 3.33. The lowest BCUT2D eigenvalue weighted by atomic mass is 10.1. The second-order valence-electron chi connectivity index (χ2n) is 5.31. The van der Waals surface area contributed by atoms with Crippen LogP contribution in [0.3, 0.4) is 0 Å². The molecule has 0 aliphatic heterocycles. The molecular weight excluding hydrogens is 248 g/mol. The van der Waals surface area contributed by atoms with Crippen molar-refractivity contribution in [3.05, 3.63) is 35.4 Å². The van der Waals surface area contributed by atoms with Crippen LogP contribution in [-0.2, 0) is 6.42 Å². The first-order chi connectivity index (χ1) is 9.67. The fourth-order valence-corrected chi connectivity index (χ4v) is 2.23. The maximum Gasteiger partial charge on any atom is 0.317 e. The first kappa shape index (κ1) is 16.5. The molecule has 20 heavy (non-hydrogen) atoms. The molecule has 0 atom stereocenters. The summed E-state index contributed by atoms with van der Waals surface area (Å²) in [5.41, 5.74) is 2.55. The molecule has 0 saturated carbocycles. The van der Waals surface area contributed by atoms with Gasteiger partial charge in [0.2, 0.25) is 0 Å². The third kappa shape index (κ3) is 6.09. The van der Waals surface area contributed by atoms with Gasteiger partial charge in [-0.05, 0) is 31.7 Å². The van der Waals surface area contributed by atoms with E-state index in [1.165, 1.54) is 11.1 Å². The third-order valence-electron chi connectivity index (χ3n) is 3.33. The zero-order valence-electron chi connectivity index (χ0n) is 13.1. The fourth-order valence-electron chi connectivity index (χ4n) is 2.23. The van der Waals surface area contributed by atoms with E-state index in [0.717, 1.165) is 38.8 Å². The molecule has 3 nitrogen and oxygen atoms in total. The van der Waals surface area contributed by atoms with Crippen molar-refractivity contribution in [1.82, 2.24) is 10.2 Å². The van der Waals surface area contributed by atoms with Crippen molar-refractivity contribution in [2.45, 2.75) is 46.5 Å². The van der Waals surface area contributed by atoms with Gasteiger partial charge in [-0.25, -0.2) is 4.79 Å². The van der Waals surface area contributed by atoms with Gasteiger partial charge in [0, 0.05) is 19.6 Å². The number of unbranched alkanes of at least 4 members (excludes halogenated alkanes) is 1. The van der Waals surface area contributed by atoms with Crippen LogP contribution in [0.25, 0.3) is 0 Å². The first-order valence-corrected chi connectivity index (χ1v) is 7.75. The summed E-state index contributed by atoms with van der Waals surface area (Å²) in [5.74, 6) is 0. The van der Waals surface area contributed by atoms with Gasteiger partial charge in [0.05, 0.1) is 0 Å². The zero-order valence-corrected chi connectivity index (χ0v) is 13.1. The molecule has 0 unspecified atom stereocenters. The Labute approximate surface area is 123 Å². The van der Waals surface area contributed by atoms with Crippen LogP contribution < -0.4 is 5.32 Å². The molecule has 1 rings (SSSR count). The average molecular weight is 276 g/mol. The van der Waals surface area contributed by atoms with Crippen LogP contribution in [0.2, 0.25) is 0 Å². The smallest absolute Gasteiger partial charge is 0.317 e. The summed E-state index contributed by atoms with van der Waals surface area (Å²) in [6.07, 6.45) is 4.10. The van der Waals surface area contributed by atoms with E-state index in [0.29, 0.717) is 6.54 Å². The lowest BCUT2D eigenvalue weighted by Crippen LogP contribution is -2.41. The molecule has 3 heteroatoms.